The van der Waals surface area contributed by atoms with Crippen LogP contribution < -0.4 is 0 Å². The van der Waals surface area contributed by atoms with Gasteiger partial charge in [-0.3, -0.25) is 0 Å². The molecule has 2 aliphatic heterocycles. The number of fused-ring (bicyclic) bond motifs is 4. The van der Waals surface area contributed by atoms with E-state index in [2.05, 4.69) is 70.2 Å². The second-order valence-corrected chi connectivity index (χ2v) is 16.3. The molecule has 6 atom stereocenters. The average Bonchev–Trinajstić information content (AvgIpc) is 3.51. The Hall–Kier alpha value is -4.44. The third-order valence-electron chi connectivity index (χ3n) is 10.5. The van der Waals surface area contributed by atoms with Gasteiger partial charge < -0.3 is 28.4 Å². The van der Waals surface area contributed by atoms with Crippen LogP contribution in [0.15, 0.2) is 132 Å². The Kier molecular flexibility index (Phi) is 10.6. The number of aryl methyl sites for hydroxylation is 1. The van der Waals surface area contributed by atoms with Gasteiger partial charge in [0.2, 0.25) is 0 Å². The zero-order valence-electron chi connectivity index (χ0n) is 31.1. The molecule has 0 radical (unpaired) electrons. The van der Waals surface area contributed by atoms with Crippen molar-refractivity contribution in [3.8, 4) is 11.1 Å². The maximum absolute atomic E-state index is 14.0. The molecule has 0 bridgehead atoms. The minimum atomic E-state index is -0.873. The van der Waals surface area contributed by atoms with Crippen molar-refractivity contribution in [1.82, 2.24) is 0 Å². The van der Waals surface area contributed by atoms with Gasteiger partial charge in [0.15, 0.2) is 12.4 Å². The molecule has 278 valence electrons. The molecule has 2 saturated heterocycles. The van der Waals surface area contributed by atoms with Crippen molar-refractivity contribution >= 4 is 17.9 Å². The Labute approximate surface area is 321 Å². The zero-order chi connectivity index (χ0) is 37.2. The fraction of sp³-hybridized carbons (Fsp3) is 0.326. The Morgan fingerprint density at radius 3 is 2.11 bits per heavy atom. The van der Waals surface area contributed by atoms with Gasteiger partial charge in [-0.25, -0.2) is 4.79 Å². The fourth-order valence-electron chi connectivity index (χ4n) is 7.55. The van der Waals surface area contributed by atoms with E-state index in [1.807, 2.05) is 84.9 Å². The van der Waals surface area contributed by atoms with Gasteiger partial charge in [-0.15, -0.1) is 0 Å². The Balaban J connectivity index is 1.10. The number of carbonyl (C=O) groups is 1. The smallest absolute Gasteiger partial charge is 0.433 e. The van der Waals surface area contributed by atoms with E-state index in [0.717, 1.165) is 43.8 Å². The first-order valence-corrected chi connectivity index (χ1v) is 19.5. The molecule has 0 aromatic heterocycles. The minimum absolute atomic E-state index is 0.0437. The van der Waals surface area contributed by atoms with Gasteiger partial charge in [-0.2, -0.15) is 0 Å². The molecule has 1 aliphatic carbocycles. The van der Waals surface area contributed by atoms with Crippen LogP contribution >= 0.6 is 11.8 Å². The largest absolute Gasteiger partial charge is 0.508 e. The summed E-state index contributed by atoms with van der Waals surface area (Å²) in [5, 5.41) is 0. The Morgan fingerprint density at radius 2 is 1.43 bits per heavy atom. The molecule has 2 fully saturated rings. The molecular formula is C46H46O7S. The predicted octanol–water partition coefficient (Wildman–Crippen LogP) is 10.1. The standard InChI is InChI=1S/C46H46O7S/c1-29-23-24-32(46(2,3)4)25-39(29)54-44-42(48-26-30-15-7-5-8-16-30)41(40-38(51-44)28-49-43(52-40)31-17-9-6-10-18-31)53-45(47)50-27-37-35-21-13-11-19-33(35)34-20-12-14-22-36(34)37/h5-25,37-38,40-44H,26-28H2,1-4H3/t38-,40-,41+,42-,43?,44+/m1/s1. The van der Waals surface area contributed by atoms with Crippen LogP contribution in [0.5, 0.6) is 0 Å². The van der Waals surface area contributed by atoms with Crippen LogP contribution in [-0.2, 0) is 40.4 Å². The summed E-state index contributed by atoms with van der Waals surface area (Å²) in [4.78, 5) is 15.0. The van der Waals surface area contributed by atoms with Gasteiger partial charge in [-0.05, 0) is 57.3 Å². The minimum Gasteiger partial charge on any atom is -0.433 e. The highest BCUT2D eigenvalue weighted by Gasteiger charge is 2.53. The van der Waals surface area contributed by atoms with Crippen LogP contribution in [0.3, 0.4) is 0 Å². The van der Waals surface area contributed by atoms with Crippen molar-refractivity contribution in [2.24, 2.45) is 0 Å². The maximum atomic E-state index is 14.0. The van der Waals surface area contributed by atoms with Crippen molar-refractivity contribution in [3.63, 3.8) is 0 Å². The maximum Gasteiger partial charge on any atom is 0.508 e. The predicted molar refractivity (Wildman–Crippen MR) is 209 cm³/mol. The molecule has 0 N–H and O–H groups in total. The first kappa shape index (κ1) is 36.5. The van der Waals surface area contributed by atoms with E-state index in [4.69, 9.17) is 28.4 Å². The summed E-state index contributed by atoms with van der Waals surface area (Å²) < 4.78 is 38.9. The van der Waals surface area contributed by atoms with Gasteiger partial charge >= 0.3 is 6.16 Å². The second-order valence-electron chi connectivity index (χ2n) is 15.2. The summed E-state index contributed by atoms with van der Waals surface area (Å²) >= 11 is 1.58. The highest BCUT2D eigenvalue weighted by molar-refractivity contribution is 7.99. The van der Waals surface area contributed by atoms with Crippen LogP contribution in [-0.4, -0.2) is 49.2 Å². The van der Waals surface area contributed by atoms with E-state index in [0.29, 0.717) is 0 Å². The van der Waals surface area contributed by atoms with E-state index in [9.17, 15) is 4.79 Å². The van der Waals surface area contributed by atoms with Gasteiger partial charge in [0, 0.05) is 16.4 Å². The molecule has 2 heterocycles. The molecule has 3 aliphatic rings. The van der Waals surface area contributed by atoms with Crippen molar-refractivity contribution in [2.45, 2.75) is 86.7 Å². The fourth-order valence-corrected chi connectivity index (χ4v) is 8.82. The monoisotopic (exact) mass is 742 g/mol. The number of ether oxygens (including phenoxy) is 6. The molecule has 5 aromatic carbocycles. The molecule has 54 heavy (non-hydrogen) atoms. The second kappa shape index (κ2) is 15.7. The van der Waals surface area contributed by atoms with E-state index >= 15 is 0 Å². The number of thioether (sulfide) groups is 1. The van der Waals surface area contributed by atoms with Gasteiger partial charge in [0.1, 0.15) is 30.4 Å². The molecule has 8 heteroatoms. The van der Waals surface area contributed by atoms with Gasteiger partial charge in [0.25, 0.3) is 0 Å². The lowest BCUT2D eigenvalue weighted by Crippen LogP contribution is -2.62. The summed E-state index contributed by atoms with van der Waals surface area (Å²) in [6.07, 6.45) is -4.27. The Bertz CT molecular complexity index is 2020. The number of carbonyl (C=O) groups excluding carboxylic acids is 1. The van der Waals surface area contributed by atoms with Gasteiger partial charge in [0.05, 0.1) is 13.2 Å². The Morgan fingerprint density at radius 1 is 0.778 bits per heavy atom. The topological polar surface area (TPSA) is 72.5 Å². The lowest BCUT2D eigenvalue weighted by molar-refractivity contribution is -0.323. The summed E-state index contributed by atoms with van der Waals surface area (Å²) in [6.45, 7) is 9.38. The number of hydrogen-bond donors (Lipinski definition) is 0. The van der Waals surface area contributed by atoms with Crippen molar-refractivity contribution in [2.75, 3.05) is 13.2 Å². The van der Waals surface area contributed by atoms with Crippen molar-refractivity contribution in [3.05, 3.63) is 161 Å². The summed E-state index contributed by atoms with van der Waals surface area (Å²) in [6, 6.07) is 42.9. The summed E-state index contributed by atoms with van der Waals surface area (Å²) in [5.41, 5.74) is 8.16. The SMILES string of the molecule is Cc1ccc(C(C)(C)C)cc1S[C@@H]1O[C@@H]2COC(c3ccccc3)O[C@H]2[C@H](OC(=O)OCC2c3ccccc3-c3ccccc32)[C@H]1OCc1ccccc1. The molecule has 0 amide bonds. The van der Waals surface area contributed by atoms with Crippen LogP contribution in [0, 0.1) is 6.92 Å². The van der Waals surface area contributed by atoms with E-state index < -0.39 is 42.3 Å². The number of rotatable bonds is 9. The van der Waals surface area contributed by atoms with Crippen LogP contribution in [0.1, 0.15) is 66.4 Å². The molecule has 0 saturated carbocycles. The molecule has 5 aromatic rings. The average molecular weight is 743 g/mol. The first-order valence-electron chi connectivity index (χ1n) is 18.7. The lowest BCUT2D eigenvalue weighted by Gasteiger charge is -2.48. The van der Waals surface area contributed by atoms with Crippen molar-refractivity contribution in [1.29, 1.82) is 0 Å². The van der Waals surface area contributed by atoms with Crippen LogP contribution in [0.25, 0.3) is 11.1 Å². The van der Waals surface area contributed by atoms with Crippen molar-refractivity contribution < 1.29 is 33.2 Å². The van der Waals surface area contributed by atoms with Gasteiger partial charge in [-0.1, -0.05) is 154 Å². The highest BCUT2D eigenvalue weighted by atomic mass is 32.2. The third-order valence-corrected chi connectivity index (χ3v) is 11.8. The van der Waals surface area contributed by atoms with E-state index in [-0.39, 0.29) is 31.2 Å². The number of benzene rings is 5. The van der Waals surface area contributed by atoms with E-state index in [1.54, 1.807) is 11.8 Å². The van der Waals surface area contributed by atoms with Crippen LogP contribution in [0.2, 0.25) is 0 Å². The van der Waals surface area contributed by atoms with E-state index in [1.165, 1.54) is 5.56 Å². The molecule has 7 nitrogen and oxygen atoms in total. The quantitative estimate of drug-likeness (QED) is 0.138. The molecule has 8 rings (SSSR count). The summed E-state index contributed by atoms with van der Waals surface area (Å²) in [7, 11) is 0. The zero-order valence-corrected chi connectivity index (χ0v) is 31.9. The molecule has 1 unspecified atom stereocenters. The highest BCUT2D eigenvalue weighted by Crippen LogP contribution is 2.46. The normalized spacial score (nSPS) is 23.6. The number of hydrogen-bond acceptors (Lipinski definition) is 8. The molecule has 0 spiro atoms. The molecular weight excluding hydrogens is 697 g/mol. The third kappa shape index (κ3) is 7.72. The van der Waals surface area contributed by atoms with Crippen LogP contribution in [0.4, 0.5) is 4.79 Å². The lowest BCUT2D eigenvalue weighted by atomic mass is 9.87. The summed E-state index contributed by atoms with van der Waals surface area (Å²) in [5.74, 6) is -0.110. The first-order chi connectivity index (χ1) is 26.2.